The highest BCUT2D eigenvalue weighted by molar-refractivity contribution is 7.98. The van der Waals surface area contributed by atoms with E-state index in [0.717, 1.165) is 11.3 Å². The van der Waals surface area contributed by atoms with Crippen molar-refractivity contribution in [2.75, 3.05) is 25.4 Å². The lowest BCUT2D eigenvalue weighted by molar-refractivity contribution is -0.150. The van der Waals surface area contributed by atoms with E-state index in [0.29, 0.717) is 10.8 Å². The Balaban J connectivity index is 1.40. The lowest BCUT2D eigenvalue weighted by Crippen LogP contribution is -2.70. The van der Waals surface area contributed by atoms with Crippen LogP contribution in [-0.2, 0) is 25.4 Å². The maximum atomic E-state index is 12.9. The van der Waals surface area contributed by atoms with Crippen LogP contribution < -0.4 is 5.32 Å². The summed E-state index contributed by atoms with van der Waals surface area (Å²) >= 11 is 7.43. The standard InChI is InChI=1S/C21H22ClN3O4S2/c22-16-6-8-17(9-7-16)31(28,29)24-10-11-25-19(12-24)20(26)23-18(21(25)27)14-30-13-15-4-2-1-3-5-15/h1-9,18-19H,10-14H2,(H,23,26)/t18-,19+/m0/s1. The van der Waals surface area contributed by atoms with E-state index in [9.17, 15) is 18.0 Å². The number of thioether (sulfide) groups is 1. The number of nitrogens with zero attached hydrogens (tertiary/aromatic N) is 2. The van der Waals surface area contributed by atoms with Crippen LogP contribution in [0.5, 0.6) is 0 Å². The fraction of sp³-hybridized carbons (Fsp3) is 0.333. The minimum absolute atomic E-state index is 0.0631. The SMILES string of the molecule is O=C1N[C@@H](CSCc2ccccc2)C(=O)N2CCN(S(=O)(=O)c3ccc(Cl)cc3)C[C@H]12. The molecule has 164 valence electrons. The summed E-state index contributed by atoms with van der Waals surface area (Å²) in [6.07, 6.45) is 0. The monoisotopic (exact) mass is 479 g/mol. The Kier molecular flexibility index (Phi) is 6.57. The molecule has 2 saturated heterocycles. The third-order valence-corrected chi connectivity index (χ3v) is 8.63. The van der Waals surface area contributed by atoms with Crippen LogP contribution in [-0.4, -0.2) is 66.9 Å². The van der Waals surface area contributed by atoms with Gasteiger partial charge in [-0.05, 0) is 29.8 Å². The number of hydrogen-bond acceptors (Lipinski definition) is 5. The van der Waals surface area contributed by atoms with Gasteiger partial charge >= 0.3 is 0 Å². The zero-order valence-corrected chi connectivity index (χ0v) is 19.0. The molecule has 2 aliphatic heterocycles. The molecule has 0 bridgehead atoms. The van der Waals surface area contributed by atoms with Crippen molar-refractivity contribution in [3.8, 4) is 0 Å². The normalized spacial score (nSPS) is 22.2. The molecule has 2 amide bonds. The third-order valence-electron chi connectivity index (χ3n) is 5.39. The second-order valence-electron chi connectivity index (χ2n) is 7.43. The molecule has 2 aromatic carbocycles. The summed E-state index contributed by atoms with van der Waals surface area (Å²) in [6, 6.07) is 14.4. The number of carbonyl (C=O) groups excluding carboxylic acids is 2. The highest BCUT2D eigenvalue weighted by Crippen LogP contribution is 2.25. The van der Waals surface area contributed by atoms with Gasteiger partial charge in [0, 0.05) is 36.2 Å². The van der Waals surface area contributed by atoms with Crippen molar-refractivity contribution >= 4 is 45.2 Å². The summed E-state index contributed by atoms with van der Waals surface area (Å²) in [5.74, 6) is 0.738. The highest BCUT2D eigenvalue weighted by Gasteiger charge is 2.45. The van der Waals surface area contributed by atoms with E-state index in [1.807, 2.05) is 30.3 Å². The van der Waals surface area contributed by atoms with Crippen LogP contribution in [0.25, 0.3) is 0 Å². The van der Waals surface area contributed by atoms with Gasteiger partial charge in [-0.3, -0.25) is 9.59 Å². The first-order valence-electron chi connectivity index (χ1n) is 9.84. The van der Waals surface area contributed by atoms with E-state index >= 15 is 0 Å². The summed E-state index contributed by atoms with van der Waals surface area (Å²) in [7, 11) is -3.78. The number of piperazine rings is 2. The van der Waals surface area contributed by atoms with E-state index in [2.05, 4.69) is 5.32 Å². The molecule has 4 rings (SSSR count). The molecule has 31 heavy (non-hydrogen) atoms. The van der Waals surface area contributed by atoms with Crippen LogP contribution in [0.15, 0.2) is 59.5 Å². The van der Waals surface area contributed by atoms with Gasteiger partial charge in [-0.1, -0.05) is 41.9 Å². The largest absolute Gasteiger partial charge is 0.342 e. The van der Waals surface area contributed by atoms with Crippen molar-refractivity contribution in [3.05, 3.63) is 65.2 Å². The van der Waals surface area contributed by atoms with E-state index < -0.39 is 22.1 Å². The average molecular weight is 480 g/mol. The number of benzene rings is 2. The van der Waals surface area contributed by atoms with Crippen LogP contribution >= 0.6 is 23.4 Å². The van der Waals surface area contributed by atoms with Crippen LogP contribution in [0.1, 0.15) is 5.56 Å². The predicted octanol–water partition coefficient (Wildman–Crippen LogP) is 1.97. The maximum absolute atomic E-state index is 12.9. The zero-order valence-electron chi connectivity index (χ0n) is 16.6. The molecule has 0 spiro atoms. The second kappa shape index (κ2) is 9.20. The van der Waals surface area contributed by atoms with E-state index in [4.69, 9.17) is 11.6 Å². The first-order chi connectivity index (χ1) is 14.9. The summed E-state index contributed by atoms with van der Waals surface area (Å²) in [4.78, 5) is 27.3. The van der Waals surface area contributed by atoms with Crippen molar-refractivity contribution in [2.45, 2.75) is 22.7 Å². The molecule has 2 aliphatic rings. The first-order valence-corrected chi connectivity index (χ1v) is 12.8. The Hall–Kier alpha value is -2.07. The van der Waals surface area contributed by atoms with Gasteiger partial charge < -0.3 is 10.2 Å². The van der Waals surface area contributed by atoms with Crippen LogP contribution in [0, 0.1) is 0 Å². The minimum atomic E-state index is -3.78. The number of amides is 2. The Morgan fingerprint density at radius 3 is 2.45 bits per heavy atom. The summed E-state index contributed by atoms with van der Waals surface area (Å²) in [5, 5.41) is 3.22. The van der Waals surface area contributed by atoms with E-state index in [1.165, 1.54) is 33.5 Å². The number of fused-ring (bicyclic) bond motifs is 1. The van der Waals surface area contributed by atoms with Gasteiger partial charge in [0.05, 0.1) is 4.90 Å². The molecule has 2 fully saturated rings. The number of halogens is 1. The fourth-order valence-corrected chi connectivity index (χ4v) is 6.30. The van der Waals surface area contributed by atoms with Crippen molar-refractivity contribution in [2.24, 2.45) is 0 Å². The molecule has 1 N–H and O–H groups in total. The van der Waals surface area contributed by atoms with Crippen LogP contribution in [0.4, 0.5) is 0 Å². The second-order valence-corrected chi connectivity index (χ2v) is 10.8. The zero-order chi connectivity index (χ0) is 22.0. The number of nitrogens with one attached hydrogen (secondary N) is 1. The van der Waals surface area contributed by atoms with Crippen LogP contribution in [0.2, 0.25) is 5.02 Å². The molecule has 0 radical (unpaired) electrons. The molecule has 7 nitrogen and oxygen atoms in total. The highest BCUT2D eigenvalue weighted by atomic mass is 35.5. The first kappa shape index (κ1) is 22.1. The minimum Gasteiger partial charge on any atom is -0.342 e. The van der Waals surface area contributed by atoms with Gasteiger partial charge in [0.25, 0.3) is 0 Å². The van der Waals surface area contributed by atoms with Crippen molar-refractivity contribution in [1.29, 1.82) is 0 Å². The Morgan fingerprint density at radius 1 is 1.03 bits per heavy atom. The average Bonchev–Trinajstić information content (AvgIpc) is 2.78. The van der Waals surface area contributed by atoms with Gasteiger partial charge in [-0.25, -0.2) is 8.42 Å². The van der Waals surface area contributed by atoms with E-state index in [1.54, 1.807) is 11.8 Å². The maximum Gasteiger partial charge on any atom is 0.246 e. The van der Waals surface area contributed by atoms with Crippen molar-refractivity contribution in [1.82, 2.24) is 14.5 Å². The Bertz CT molecular complexity index is 1060. The van der Waals surface area contributed by atoms with Gasteiger partial charge in [0.15, 0.2) is 0 Å². The van der Waals surface area contributed by atoms with Gasteiger partial charge in [-0.15, -0.1) is 0 Å². The van der Waals surface area contributed by atoms with Crippen molar-refractivity contribution < 1.29 is 18.0 Å². The molecule has 0 aliphatic carbocycles. The molecule has 2 aromatic rings. The molecular weight excluding hydrogens is 458 g/mol. The molecule has 0 saturated carbocycles. The van der Waals surface area contributed by atoms with Gasteiger partial charge in [0.2, 0.25) is 21.8 Å². The molecule has 0 aromatic heterocycles. The topological polar surface area (TPSA) is 86.8 Å². The Morgan fingerprint density at radius 2 is 1.74 bits per heavy atom. The molecule has 10 heteroatoms. The van der Waals surface area contributed by atoms with E-state index in [-0.39, 0.29) is 36.3 Å². The van der Waals surface area contributed by atoms with Gasteiger partial charge in [-0.2, -0.15) is 16.1 Å². The van der Waals surface area contributed by atoms with Crippen LogP contribution in [0.3, 0.4) is 0 Å². The molecule has 2 atom stereocenters. The summed E-state index contributed by atoms with van der Waals surface area (Å²) in [5.41, 5.74) is 1.15. The molecular formula is C21H22ClN3O4S2. The fourth-order valence-electron chi connectivity index (χ4n) is 3.73. The molecule has 2 heterocycles. The smallest absolute Gasteiger partial charge is 0.246 e. The summed E-state index contributed by atoms with van der Waals surface area (Å²) in [6.45, 7) is 0.264. The number of sulfonamides is 1. The van der Waals surface area contributed by atoms with Crippen molar-refractivity contribution in [3.63, 3.8) is 0 Å². The molecule has 0 unspecified atom stereocenters. The number of hydrogen-bond donors (Lipinski definition) is 1. The third kappa shape index (κ3) is 4.74. The summed E-state index contributed by atoms with van der Waals surface area (Å²) < 4.78 is 27.2. The Labute approximate surface area is 190 Å². The predicted molar refractivity (Wildman–Crippen MR) is 120 cm³/mol. The lowest BCUT2D eigenvalue weighted by Gasteiger charge is -2.44. The lowest BCUT2D eigenvalue weighted by atomic mass is 10.1. The number of carbonyl (C=O) groups is 2. The van der Waals surface area contributed by atoms with Gasteiger partial charge in [0.1, 0.15) is 12.1 Å². The number of rotatable bonds is 6. The quantitative estimate of drug-likeness (QED) is 0.684.